The van der Waals surface area contributed by atoms with Crippen molar-refractivity contribution in [1.29, 1.82) is 0 Å². The predicted molar refractivity (Wildman–Crippen MR) is 99.1 cm³/mol. The van der Waals surface area contributed by atoms with E-state index in [1.165, 1.54) is 0 Å². The number of nitrogens with one attached hydrogen (secondary N) is 1. The molecule has 142 valence electrons. The van der Waals surface area contributed by atoms with Gasteiger partial charge in [-0.2, -0.15) is 0 Å². The van der Waals surface area contributed by atoms with Crippen LogP contribution in [-0.2, 0) is 19.1 Å². The van der Waals surface area contributed by atoms with Gasteiger partial charge in [0.15, 0.2) is 5.79 Å². The largest absolute Gasteiger partial charge is 0.372 e. The average Bonchev–Trinajstić information content (AvgIpc) is 3.12. The maximum Gasteiger partial charge on any atom is 0.313 e. The van der Waals surface area contributed by atoms with Gasteiger partial charge in [-0.15, -0.1) is 0 Å². The van der Waals surface area contributed by atoms with E-state index in [0.29, 0.717) is 44.8 Å². The van der Waals surface area contributed by atoms with Crippen molar-refractivity contribution >= 4 is 23.2 Å². The first kappa shape index (κ1) is 18.7. The molecule has 26 heavy (non-hydrogen) atoms. The number of ether oxygens (including phenoxy) is 2. The van der Waals surface area contributed by atoms with Crippen LogP contribution in [0, 0.1) is 0 Å². The number of carbonyl (C=O) groups excluding carboxylic acids is 2. The second-order valence-electron chi connectivity index (χ2n) is 6.57. The van der Waals surface area contributed by atoms with Gasteiger partial charge >= 0.3 is 11.8 Å². The van der Waals surface area contributed by atoms with E-state index in [9.17, 15) is 9.59 Å². The summed E-state index contributed by atoms with van der Waals surface area (Å²) in [4.78, 5) is 28.5. The molecule has 2 aliphatic rings. The van der Waals surface area contributed by atoms with Crippen LogP contribution in [0.1, 0.15) is 26.7 Å². The van der Waals surface area contributed by atoms with Crippen molar-refractivity contribution < 1.29 is 19.1 Å². The molecule has 0 aromatic heterocycles. The van der Waals surface area contributed by atoms with E-state index in [1.807, 2.05) is 24.3 Å². The molecule has 1 aromatic carbocycles. The Hall–Kier alpha value is -2.12. The predicted octanol–water partition coefficient (Wildman–Crippen LogP) is 1.84. The first-order chi connectivity index (χ1) is 12.6. The Morgan fingerprint density at radius 3 is 2.19 bits per heavy atom. The summed E-state index contributed by atoms with van der Waals surface area (Å²) in [6.07, 6.45) is 1.20. The molecule has 1 N–H and O–H groups in total. The van der Waals surface area contributed by atoms with Crippen molar-refractivity contribution in [2.24, 2.45) is 0 Å². The fraction of sp³-hybridized carbons (Fsp3) is 0.579. The second-order valence-corrected chi connectivity index (χ2v) is 6.57. The van der Waals surface area contributed by atoms with E-state index in [2.05, 4.69) is 24.1 Å². The third-order valence-electron chi connectivity index (χ3n) is 5.07. The summed E-state index contributed by atoms with van der Waals surface area (Å²) >= 11 is 0. The number of hydrogen-bond acceptors (Lipinski definition) is 5. The summed E-state index contributed by atoms with van der Waals surface area (Å²) in [6.45, 7) is 8.16. The topological polar surface area (TPSA) is 71.1 Å². The number of anilines is 2. The fourth-order valence-electron chi connectivity index (χ4n) is 3.51. The van der Waals surface area contributed by atoms with Crippen LogP contribution in [0.3, 0.4) is 0 Å². The lowest BCUT2D eigenvalue weighted by molar-refractivity contribution is -0.187. The van der Waals surface area contributed by atoms with Crippen molar-refractivity contribution in [3.63, 3.8) is 0 Å². The number of nitrogens with zero attached hydrogens (tertiary/aromatic N) is 2. The number of benzene rings is 1. The molecule has 0 atom stereocenters. The smallest absolute Gasteiger partial charge is 0.313 e. The van der Waals surface area contributed by atoms with Crippen molar-refractivity contribution in [3.8, 4) is 0 Å². The van der Waals surface area contributed by atoms with Crippen LogP contribution in [0.5, 0.6) is 0 Å². The molecular formula is C19H27N3O4. The molecule has 1 spiro atoms. The van der Waals surface area contributed by atoms with E-state index in [0.717, 1.165) is 18.8 Å². The van der Waals surface area contributed by atoms with Gasteiger partial charge in [0.1, 0.15) is 0 Å². The van der Waals surface area contributed by atoms with Gasteiger partial charge in [0.05, 0.1) is 13.2 Å². The average molecular weight is 361 g/mol. The van der Waals surface area contributed by atoms with Gasteiger partial charge in [0.2, 0.25) is 0 Å². The molecule has 7 heteroatoms. The maximum atomic E-state index is 12.4. The lowest BCUT2D eigenvalue weighted by atomic mass is 10.0. The third kappa shape index (κ3) is 3.99. The first-order valence-electron chi connectivity index (χ1n) is 9.30. The molecule has 2 fully saturated rings. The number of rotatable bonds is 4. The normalized spacial score (nSPS) is 18.8. The Morgan fingerprint density at radius 2 is 1.65 bits per heavy atom. The zero-order chi connectivity index (χ0) is 18.6. The molecule has 0 unspecified atom stereocenters. The van der Waals surface area contributed by atoms with Gasteiger partial charge < -0.3 is 24.6 Å². The van der Waals surface area contributed by atoms with E-state index < -0.39 is 17.6 Å². The molecule has 0 saturated carbocycles. The summed E-state index contributed by atoms with van der Waals surface area (Å²) in [7, 11) is 0. The summed E-state index contributed by atoms with van der Waals surface area (Å²) < 4.78 is 11.3. The van der Waals surface area contributed by atoms with Crippen LogP contribution in [0.25, 0.3) is 0 Å². The highest BCUT2D eigenvalue weighted by atomic mass is 16.7. The van der Waals surface area contributed by atoms with Crippen LogP contribution < -0.4 is 10.2 Å². The Labute approximate surface area is 154 Å². The zero-order valence-electron chi connectivity index (χ0n) is 15.5. The van der Waals surface area contributed by atoms with Gasteiger partial charge in [-0.3, -0.25) is 9.59 Å². The highest BCUT2D eigenvalue weighted by molar-refractivity contribution is 6.39. The number of hydrogen-bond donors (Lipinski definition) is 1. The molecule has 2 saturated heterocycles. The Kier molecular flexibility index (Phi) is 5.78. The zero-order valence-corrected chi connectivity index (χ0v) is 15.5. The molecule has 2 aliphatic heterocycles. The van der Waals surface area contributed by atoms with Crippen LogP contribution >= 0.6 is 0 Å². The molecule has 0 bridgehead atoms. The van der Waals surface area contributed by atoms with Crippen molar-refractivity contribution in [3.05, 3.63) is 24.3 Å². The van der Waals surface area contributed by atoms with Crippen LogP contribution in [-0.4, -0.2) is 61.9 Å². The Balaban J connectivity index is 1.53. The molecule has 7 nitrogen and oxygen atoms in total. The number of amides is 2. The summed E-state index contributed by atoms with van der Waals surface area (Å²) in [6, 6.07) is 7.55. The maximum absolute atomic E-state index is 12.4. The Morgan fingerprint density at radius 1 is 1.08 bits per heavy atom. The van der Waals surface area contributed by atoms with Gasteiger partial charge in [-0.1, -0.05) is 0 Å². The van der Waals surface area contributed by atoms with Gasteiger partial charge in [0, 0.05) is 50.4 Å². The van der Waals surface area contributed by atoms with E-state index >= 15 is 0 Å². The molecule has 0 aliphatic carbocycles. The lowest BCUT2D eigenvalue weighted by Gasteiger charge is -2.37. The van der Waals surface area contributed by atoms with Crippen molar-refractivity contribution in [1.82, 2.24) is 4.90 Å². The van der Waals surface area contributed by atoms with E-state index in [1.54, 1.807) is 4.90 Å². The monoisotopic (exact) mass is 361 g/mol. The van der Waals surface area contributed by atoms with Crippen LogP contribution in [0.15, 0.2) is 24.3 Å². The van der Waals surface area contributed by atoms with Crippen LogP contribution in [0.4, 0.5) is 11.4 Å². The van der Waals surface area contributed by atoms with Crippen molar-refractivity contribution in [2.45, 2.75) is 32.5 Å². The third-order valence-corrected chi connectivity index (χ3v) is 5.07. The minimum Gasteiger partial charge on any atom is -0.372 e. The highest BCUT2D eigenvalue weighted by Gasteiger charge is 2.41. The standard InChI is InChI=1S/C19H27N3O4/c1-3-21(4-2)16-7-5-15(6-8-16)20-17(23)18(24)22-11-9-19(10-12-22)25-13-14-26-19/h5-8H,3-4,9-14H2,1-2H3,(H,20,23). The molecule has 0 radical (unpaired) electrons. The quantitative estimate of drug-likeness (QED) is 0.829. The summed E-state index contributed by atoms with van der Waals surface area (Å²) in [5.74, 6) is -1.66. The van der Waals surface area contributed by atoms with E-state index in [4.69, 9.17) is 9.47 Å². The summed E-state index contributed by atoms with van der Waals surface area (Å²) in [5.41, 5.74) is 1.72. The molecular weight excluding hydrogens is 334 g/mol. The fourth-order valence-corrected chi connectivity index (χ4v) is 3.51. The van der Waals surface area contributed by atoms with Gasteiger partial charge in [-0.05, 0) is 38.1 Å². The van der Waals surface area contributed by atoms with Crippen LogP contribution in [0.2, 0.25) is 0 Å². The minimum absolute atomic E-state index is 0.465. The molecule has 2 heterocycles. The number of carbonyl (C=O) groups is 2. The van der Waals surface area contributed by atoms with E-state index in [-0.39, 0.29) is 0 Å². The Bertz CT molecular complexity index is 627. The number of likely N-dealkylation sites (tertiary alicyclic amines) is 1. The highest BCUT2D eigenvalue weighted by Crippen LogP contribution is 2.31. The minimum atomic E-state index is -0.607. The van der Waals surface area contributed by atoms with Gasteiger partial charge in [-0.25, -0.2) is 0 Å². The first-order valence-corrected chi connectivity index (χ1v) is 9.30. The van der Waals surface area contributed by atoms with Crippen molar-refractivity contribution in [2.75, 3.05) is 49.6 Å². The van der Waals surface area contributed by atoms with Gasteiger partial charge in [0.25, 0.3) is 0 Å². The summed E-state index contributed by atoms with van der Waals surface area (Å²) in [5, 5.41) is 2.69. The second kappa shape index (κ2) is 8.05. The lowest BCUT2D eigenvalue weighted by Crippen LogP contribution is -2.50. The molecule has 1 aromatic rings. The molecule has 3 rings (SSSR count). The number of piperidine rings is 1. The molecule has 2 amide bonds. The SMILES string of the molecule is CCN(CC)c1ccc(NC(=O)C(=O)N2CCC3(CC2)OCCO3)cc1.